The van der Waals surface area contributed by atoms with Crippen LogP contribution in [0.2, 0.25) is 0 Å². The lowest BCUT2D eigenvalue weighted by atomic mass is 9.87. The quantitative estimate of drug-likeness (QED) is 0.788. The molecule has 0 saturated carbocycles. The second-order valence-corrected chi connectivity index (χ2v) is 7.68. The van der Waals surface area contributed by atoms with Crippen LogP contribution in [0.4, 0.5) is 4.39 Å². The second-order valence-electron chi connectivity index (χ2n) is 7.68. The Morgan fingerprint density at radius 3 is 2.37 bits per heavy atom. The number of ether oxygens (including phenoxy) is 2. The lowest BCUT2D eigenvalue weighted by molar-refractivity contribution is -0.125. The van der Waals surface area contributed by atoms with E-state index in [0.717, 1.165) is 5.56 Å². The maximum absolute atomic E-state index is 13.3. The molecule has 1 heterocycles. The van der Waals surface area contributed by atoms with Crippen molar-refractivity contribution in [2.45, 2.75) is 25.8 Å². The van der Waals surface area contributed by atoms with Gasteiger partial charge in [-0.3, -0.25) is 9.59 Å². The largest absolute Gasteiger partial charge is 0.493 e. The molecule has 1 saturated heterocycles. The van der Waals surface area contributed by atoms with Crippen LogP contribution in [0.3, 0.4) is 0 Å². The van der Waals surface area contributed by atoms with Crippen LogP contribution in [0.15, 0.2) is 42.5 Å². The van der Waals surface area contributed by atoms with Crippen molar-refractivity contribution >= 4 is 11.8 Å². The van der Waals surface area contributed by atoms with E-state index in [1.807, 2.05) is 26.0 Å². The number of nitrogens with one attached hydrogen (secondary N) is 1. The van der Waals surface area contributed by atoms with Gasteiger partial charge in [0, 0.05) is 36.2 Å². The van der Waals surface area contributed by atoms with E-state index in [1.165, 1.54) is 24.3 Å². The molecule has 7 heteroatoms. The van der Waals surface area contributed by atoms with E-state index < -0.39 is 11.7 Å². The highest BCUT2D eigenvalue weighted by Crippen LogP contribution is 2.42. The first-order valence-corrected chi connectivity index (χ1v) is 9.91. The smallest absolute Gasteiger partial charge is 0.253 e. The van der Waals surface area contributed by atoms with Gasteiger partial charge >= 0.3 is 0 Å². The molecule has 0 bridgehead atoms. The molecule has 0 spiro atoms. The van der Waals surface area contributed by atoms with Crippen LogP contribution in [0.1, 0.15) is 35.7 Å². The predicted octanol–water partition coefficient (Wildman–Crippen LogP) is 3.22. The SMILES string of the molecule is COc1cccc(C2CN(C(=O)c3ccc(F)cc3)CC2C(=O)NC(C)C)c1OC. The van der Waals surface area contributed by atoms with Gasteiger partial charge < -0.3 is 19.7 Å². The topological polar surface area (TPSA) is 67.9 Å². The van der Waals surface area contributed by atoms with Gasteiger partial charge in [0.1, 0.15) is 5.82 Å². The van der Waals surface area contributed by atoms with Gasteiger partial charge in [-0.25, -0.2) is 4.39 Å². The molecule has 0 aromatic heterocycles. The van der Waals surface area contributed by atoms with E-state index in [9.17, 15) is 14.0 Å². The van der Waals surface area contributed by atoms with Gasteiger partial charge in [-0.2, -0.15) is 0 Å². The lowest BCUT2D eigenvalue weighted by Crippen LogP contribution is -2.39. The van der Waals surface area contributed by atoms with Gasteiger partial charge in [-0.15, -0.1) is 0 Å². The van der Waals surface area contributed by atoms with Gasteiger partial charge in [0.2, 0.25) is 5.91 Å². The molecule has 1 N–H and O–H groups in total. The average Bonchev–Trinajstić information content (AvgIpc) is 3.18. The van der Waals surface area contributed by atoms with E-state index in [-0.39, 0.29) is 30.3 Å². The number of benzene rings is 2. The van der Waals surface area contributed by atoms with Crippen molar-refractivity contribution < 1.29 is 23.5 Å². The molecule has 0 aliphatic carbocycles. The minimum atomic E-state index is -0.446. The van der Waals surface area contributed by atoms with Crippen LogP contribution >= 0.6 is 0 Å². The van der Waals surface area contributed by atoms with Crippen LogP contribution < -0.4 is 14.8 Å². The Balaban J connectivity index is 1.96. The first-order valence-electron chi connectivity index (χ1n) is 9.91. The molecule has 2 unspecified atom stereocenters. The Labute approximate surface area is 176 Å². The van der Waals surface area contributed by atoms with E-state index in [2.05, 4.69) is 5.32 Å². The van der Waals surface area contributed by atoms with Crippen LogP contribution in [0, 0.1) is 11.7 Å². The molecule has 1 aliphatic heterocycles. The number of halogens is 1. The normalized spacial score (nSPS) is 18.4. The fourth-order valence-electron chi connectivity index (χ4n) is 3.92. The van der Waals surface area contributed by atoms with Crippen LogP contribution in [-0.4, -0.2) is 50.1 Å². The number of amides is 2. The van der Waals surface area contributed by atoms with Crippen LogP contribution in [-0.2, 0) is 4.79 Å². The Morgan fingerprint density at radius 2 is 1.77 bits per heavy atom. The summed E-state index contributed by atoms with van der Waals surface area (Å²) in [5, 5.41) is 2.96. The Bertz CT molecular complexity index is 914. The molecule has 3 rings (SSSR count). The van der Waals surface area contributed by atoms with Crippen molar-refractivity contribution in [2.24, 2.45) is 5.92 Å². The van der Waals surface area contributed by atoms with Gasteiger partial charge in [-0.05, 0) is 44.2 Å². The van der Waals surface area contributed by atoms with Crippen molar-refractivity contribution in [3.8, 4) is 11.5 Å². The van der Waals surface area contributed by atoms with Gasteiger partial charge in [0.25, 0.3) is 5.91 Å². The van der Waals surface area contributed by atoms with Crippen molar-refractivity contribution in [3.63, 3.8) is 0 Å². The third-order valence-electron chi connectivity index (χ3n) is 5.30. The maximum atomic E-state index is 13.3. The summed E-state index contributed by atoms with van der Waals surface area (Å²) in [7, 11) is 3.12. The highest BCUT2D eigenvalue weighted by molar-refractivity contribution is 5.95. The van der Waals surface area contributed by atoms with Crippen molar-refractivity contribution in [1.82, 2.24) is 10.2 Å². The van der Waals surface area contributed by atoms with Gasteiger partial charge in [0.15, 0.2) is 11.5 Å². The number of nitrogens with zero attached hydrogens (tertiary/aromatic N) is 1. The molecule has 2 atom stereocenters. The molecule has 2 aromatic rings. The highest BCUT2D eigenvalue weighted by atomic mass is 19.1. The molecule has 1 aliphatic rings. The number of para-hydroxylation sites is 1. The molecule has 30 heavy (non-hydrogen) atoms. The second kappa shape index (κ2) is 9.15. The summed E-state index contributed by atoms with van der Waals surface area (Å²) in [6.07, 6.45) is 0. The average molecular weight is 414 g/mol. The van der Waals surface area contributed by atoms with Gasteiger partial charge in [0.05, 0.1) is 20.1 Å². The molecule has 2 aromatic carbocycles. The molecule has 160 valence electrons. The van der Waals surface area contributed by atoms with Crippen LogP contribution in [0.25, 0.3) is 0 Å². The number of carbonyl (C=O) groups is 2. The third kappa shape index (κ3) is 4.40. The molecule has 2 amide bonds. The molecular weight excluding hydrogens is 387 g/mol. The summed E-state index contributed by atoms with van der Waals surface area (Å²) < 4.78 is 24.2. The first kappa shape index (κ1) is 21.6. The number of carbonyl (C=O) groups excluding carboxylic acids is 2. The fourth-order valence-corrected chi connectivity index (χ4v) is 3.92. The standard InChI is InChI=1S/C23H27FN2O4/c1-14(2)25-22(27)19-13-26(23(28)15-8-10-16(24)11-9-15)12-18(19)17-6-5-7-20(29-3)21(17)30-4/h5-11,14,18-19H,12-13H2,1-4H3,(H,25,27). The Hall–Kier alpha value is -3.09. The summed E-state index contributed by atoms with van der Waals surface area (Å²) in [6, 6.07) is 10.9. The lowest BCUT2D eigenvalue weighted by Gasteiger charge is -2.22. The minimum absolute atomic E-state index is 0.0211. The zero-order chi connectivity index (χ0) is 21.8. The van der Waals surface area contributed by atoms with E-state index in [1.54, 1.807) is 25.2 Å². The van der Waals surface area contributed by atoms with Crippen molar-refractivity contribution in [3.05, 3.63) is 59.4 Å². The molecular formula is C23H27FN2O4. The summed E-state index contributed by atoms with van der Waals surface area (Å²) in [6.45, 7) is 4.40. The van der Waals surface area contributed by atoms with Crippen molar-refractivity contribution in [2.75, 3.05) is 27.3 Å². The van der Waals surface area contributed by atoms with Gasteiger partial charge in [-0.1, -0.05) is 12.1 Å². The molecule has 0 radical (unpaired) electrons. The van der Waals surface area contributed by atoms with Crippen molar-refractivity contribution in [1.29, 1.82) is 0 Å². The Kier molecular flexibility index (Phi) is 6.59. The fraction of sp³-hybridized carbons (Fsp3) is 0.391. The zero-order valence-corrected chi connectivity index (χ0v) is 17.6. The first-order chi connectivity index (χ1) is 14.3. The highest BCUT2D eigenvalue weighted by Gasteiger charge is 2.42. The zero-order valence-electron chi connectivity index (χ0n) is 17.6. The third-order valence-corrected chi connectivity index (χ3v) is 5.30. The summed E-state index contributed by atoms with van der Waals surface area (Å²) in [5.74, 6) is -0.335. The molecule has 1 fully saturated rings. The molecule has 6 nitrogen and oxygen atoms in total. The summed E-state index contributed by atoms with van der Waals surface area (Å²) in [4.78, 5) is 27.6. The number of hydrogen-bond donors (Lipinski definition) is 1. The monoisotopic (exact) mass is 414 g/mol. The van der Waals surface area contributed by atoms with E-state index in [4.69, 9.17) is 9.47 Å². The Morgan fingerprint density at radius 1 is 1.07 bits per heavy atom. The number of methoxy groups -OCH3 is 2. The maximum Gasteiger partial charge on any atom is 0.253 e. The number of likely N-dealkylation sites (tertiary alicyclic amines) is 1. The predicted molar refractivity (Wildman–Crippen MR) is 111 cm³/mol. The summed E-state index contributed by atoms with van der Waals surface area (Å²) >= 11 is 0. The van der Waals surface area contributed by atoms with E-state index >= 15 is 0 Å². The van der Waals surface area contributed by atoms with Crippen LogP contribution in [0.5, 0.6) is 11.5 Å². The minimum Gasteiger partial charge on any atom is -0.493 e. The number of rotatable bonds is 6. The summed E-state index contributed by atoms with van der Waals surface area (Å²) in [5.41, 5.74) is 1.20. The van der Waals surface area contributed by atoms with E-state index in [0.29, 0.717) is 23.6 Å². The number of hydrogen-bond acceptors (Lipinski definition) is 4.